The summed E-state index contributed by atoms with van der Waals surface area (Å²) in [5, 5.41) is 5.70. The molecule has 4 N–H and O–H groups in total. The van der Waals surface area contributed by atoms with Gasteiger partial charge in [0.05, 0.1) is 42.6 Å². The predicted octanol–water partition coefficient (Wildman–Crippen LogP) is 8.94. The van der Waals surface area contributed by atoms with E-state index in [1.54, 1.807) is 41.5 Å². The van der Waals surface area contributed by atoms with E-state index < -0.39 is 11.7 Å². The third-order valence-corrected chi connectivity index (χ3v) is 11.4. The topological polar surface area (TPSA) is 204 Å². The largest absolute Gasteiger partial charge is 0.466 e. The van der Waals surface area contributed by atoms with Crippen molar-refractivity contribution in [1.29, 1.82) is 0 Å². The number of allylic oxidation sites excluding steroid dienone is 4. The van der Waals surface area contributed by atoms with Gasteiger partial charge in [-0.15, -0.1) is 0 Å². The average Bonchev–Trinajstić information content (AvgIpc) is 3.89. The van der Waals surface area contributed by atoms with Crippen molar-refractivity contribution < 1.29 is 42.9 Å². The van der Waals surface area contributed by atoms with Crippen LogP contribution in [0.4, 0.5) is 4.79 Å². The van der Waals surface area contributed by atoms with Crippen molar-refractivity contribution in [2.45, 2.75) is 133 Å². The number of amides is 2. The van der Waals surface area contributed by atoms with Gasteiger partial charge in [-0.2, -0.15) is 0 Å². The molecule has 65 heavy (non-hydrogen) atoms. The number of alkyl carbamates (subject to hydrolysis) is 1. The lowest BCUT2D eigenvalue weighted by Crippen LogP contribution is -2.34. The van der Waals surface area contributed by atoms with Crippen LogP contribution in [0.1, 0.15) is 145 Å². The summed E-state index contributed by atoms with van der Waals surface area (Å²) in [7, 11) is 0. The second-order valence-electron chi connectivity index (χ2n) is 17.2. The first-order chi connectivity index (χ1) is 30.9. The number of aromatic amines is 2. The lowest BCUT2D eigenvalue weighted by Gasteiger charge is -2.19. The van der Waals surface area contributed by atoms with Crippen molar-refractivity contribution in [2.24, 2.45) is 0 Å². The summed E-state index contributed by atoms with van der Waals surface area (Å²) in [6.07, 6.45) is 2.44. The van der Waals surface area contributed by atoms with Crippen molar-refractivity contribution in [1.82, 2.24) is 30.6 Å². The summed E-state index contributed by atoms with van der Waals surface area (Å²) in [6, 6.07) is 7.97. The highest BCUT2D eigenvalue weighted by molar-refractivity contribution is 5.96. The molecule has 350 valence electrons. The summed E-state index contributed by atoms with van der Waals surface area (Å²) in [5.74, 6) is -1.01. The lowest BCUT2D eigenvalue weighted by molar-refractivity contribution is -0.143. The first-order valence-electron chi connectivity index (χ1n) is 22.8. The Labute approximate surface area is 381 Å². The molecule has 15 heteroatoms. The number of nitrogens with one attached hydrogen (secondary N) is 4. The van der Waals surface area contributed by atoms with Crippen molar-refractivity contribution in [2.75, 3.05) is 32.9 Å². The second-order valence-corrected chi connectivity index (χ2v) is 17.2. The van der Waals surface area contributed by atoms with E-state index in [2.05, 4.69) is 20.6 Å². The van der Waals surface area contributed by atoms with Crippen molar-refractivity contribution >= 4 is 74.3 Å². The van der Waals surface area contributed by atoms with Gasteiger partial charge in [0.1, 0.15) is 5.60 Å². The normalized spacial score (nSPS) is 12.6. The molecule has 5 heterocycles. The van der Waals surface area contributed by atoms with E-state index in [0.29, 0.717) is 68.0 Å². The van der Waals surface area contributed by atoms with Gasteiger partial charge in [-0.25, -0.2) is 14.8 Å². The Bertz CT molecular complexity index is 2520. The van der Waals surface area contributed by atoms with Gasteiger partial charge in [0.15, 0.2) is 0 Å². The third kappa shape index (κ3) is 13.4. The molecule has 8 bridgehead atoms. The molecule has 0 aliphatic carbocycles. The monoisotopic (exact) mass is 894 g/mol. The summed E-state index contributed by atoms with van der Waals surface area (Å²) in [5.41, 5.74) is 12.7. The number of hydrogen-bond acceptors (Lipinski definition) is 11. The number of aromatic nitrogens is 4. The molecule has 0 saturated carbocycles. The second kappa shape index (κ2) is 22.6. The summed E-state index contributed by atoms with van der Waals surface area (Å²) >= 11 is 0. The molecule has 2 amide bonds. The molecule has 0 spiro atoms. The maximum atomic E-state index is 13.3. The number of ether oxygens (including phenoxy) is 4. The molecular weight excluding hydrogens is 829 g/mol. The summed E-state index contributed by atoms with van der Waals surface area (Å²) in [6.45, 7) is 20.4. The number of aryl methyl sites for hydroxylation is 4. The van der Waals surface area contributed by atoms with E-state index in [1.165, 1.54) is 0 Å². The zero-order chi connectivity index (χ0) is 47.4. The number of esters is 3. The van der Waals surface area contributed by atoms with Crippen LogP contribution in [0.5, 0.6) is 0 Å². The summed E-state index contributed by atoms with van der Waals surface area (Å²) in [4.78, 5) is 80.8. The van der Waals surface area contributed by atoms with E-state index >= 15 is 0 Å². The van der Waals surface area contributed by atoms with Crippen LogP contribution in [-0.2, 0) is 51.0 Å². The fourth-order valence-electron chi connectivity index (χ4n) is 8.02. The smallest absolute Gasteiger partial charge is 0.407 e. The number of rotatable bonds is 19. The van der Waals surface area contributed by atoms with E-state index in [-0.39, 0.29) is 69.3 Å². The molecule has 2 aliphatic rings. The van der Waals surface area contributed by atoms with Crippen LogP contribution in [0.15, 0.2) is 24.3 Å². The van der Waals surface area contributed by atoms with Gasteiger partial charge in [-0.1, -0.05) is 0 Å². The first-order valence-corrected chi connectivity index (χ1v) is 22.8. The zero-order valence-electron chi connectivity index (χ0n) is 39.8. The van der Waals surface area contributed by atoms with Crippen LogP contribution in [-0.4, -0.2) is 88.4 Å². The van der Waals surface area contributed by atoms with Gasteiger partial charge in [0.25, 0.3) is 0 Å². The minimum absolute atomic E-state index is 0.125. The quantitative estimate of drug-likeness (QED) is 0.0508. The average molecular weight is 895 g/mol. The molecule has 0 radical (unpaired) electrons. The molecule has 3 aromatic rings. The molecule has 2 aliphatic heterocycles. The summed E-state index contributed by atoms with van der Waals surface area (Å²) < 4.78 is 21.2. The van der Waals surface area contributed by atoms with Crippen LogP contribution in [0.25, 0.3) is 44.4 Å². The van der Waals surface area contributed by atoms with E-state index in [4.69, 9.17) is 28.9 Å². The Balaban J connectivity index is 1.65. The number of nitrogens with zero attached hydrogens (tertiary/aromatic N) is 2. The SMILES string of the molecule is CCOC(=O)CCC1=C(C)c2cc3[nH]c(cc4[nH]c(cc5nc(cc1n2)C(C)=C5CCC(=O)OCC)c(C)c4CCC(=O)NCCCNC(=O)OC(C)(C)C)c(C)c3CCC(=O)OCC. The Kier molecular flexibility index (Phi) is 17.3. The van der Waals surface area contributed by atoms with Gasteiger partial charge in [0.2, 0.25) is 5.91 Å². The molecule has 0 aromatic carbocycles. The molecular formula is C50H66N6O9. The Morgan fingerprint density at radius 1 is 0.554 bits per heavy atom. The molecule has 5 rings (SSSR count). The molecule has 0 unspecified atom stereocenters. The molecule has 15 nitrogen and oxygen atoms in total. The Morgan fingerprint density at radius 3 is 1.51 bits per heavy atom. The minimum atomic E-state index is -0.598. The van der Waals surface area contributed by atoms with E-state index in [1.807, 2.05) is 52.0 Å². The first kappa shape index (κ1) is 49.8. The fraction of sp³-hybridized carbons (Fsp3) is 0.500. The molecule has 3 aromatic heterocycles. The Hall–Kier alpha value is -6.25. The minimum Gasteiger partial charge on any atom is -0.466 e. The number of hydrogen-bond donors (Lipinski definition) is 4. The predicted molar refractivity (Wildman–Crippen MR) is 252 cm³/mol. The van der Waals surface area contributed by atoms with Gasteiger partial charge in [-0.05, 0) is 170 Å². The van der Waals surface area contributed by atoms with E-state index in [9.17, 15) is 24.0 Å². The van der Waals surface area contributed by atoms with Gasteiger partial charge in [-0.3, -0.25) is 19.2 Å². The maximum absolute atomic E-state index is 13.3. The number of carbonyl (C=O) groups excluding carboxylic acids is 5. The fourth-order valence-corrected chi connectivity index (χ4v) is 8.02. The molecule has 0 fully saturated rings. The van der Waals surface area contributed by atoms with Gasteiger partial charge in [0, 0.05) is 60.8 Å². The standard InChI is InChI=1S/C50H66N6O9/c1-11-62-46(58)20-16-34-30(5)38-25-41-33(15-19-45(57)51-23-14-24-52-49(61)65-50(8,9)10)29(4)37(53-41)26-42-35(17-21-47(59)63-12-2)31(6)39(55-42)28-44-36(18-22-48(60)64-13-3)32(7)40(56-44)27-43(34)54-38/h25-28,53-54H,11-24H2,1-10H3,(H,51,57)(H,52,61). The molecule has 0 saturated heterocycles. The third-order valence-electron chi connectivity index (χ3n) is 11.4. The van der Waals surface area contributed by atoms with E-state index in [0.717, 1.165) is 66.6 Å². The van der Waals surface area contributed by atoms with Crippen LogP contribution < -0.4 is 10.6 Å². The van der Waals surface area contributed by atoms with Gasteiger partial charge >= 0.3 is 24.0 Å². The van der Waals surface area contributed by atoms with Gasteiger partial charge < -0.3 is 39.5 Å². The van der Waals surface area contributed by atoms with Crippen LogP contribution in [0.3, 0.4) is 0 Å². The highest BCUT2D eigenvalue weighted by atomic mass is 16.6. The number of carbonyl (C=O) groups is 5. The van der Waals surface area contributed by atoms with Crippen molar-refractivity contribution in [3.8, 4) is 0 Å². The van der Waals surface area contributed by atoms with Crippen LogP contribution >= 0.6 is 0 Å². The van der Waals surface area contributed by atoms with Crippen molar-refractivity contribution in [3.05, 3.63) is 69.3 Å². The van der Waals surface area contributed by atoms with Crippen molar-refractivity contribution in [3.63, 3.8) is 0 Å². The Morgan fingerprint density at radius 2 is 0.985 bits per heavy atom. The number of fused-ring (bicyclic) bond motifs is 8. The zero-order valence-corrected chi connectivity index (χ0v) is 39.8. The van der Waals surface area contributed by atoms with Crippen LogP contribution in [0, 0.1) is 13.8 Å². The lowest BCUT2D eigenvalue weighted by atomic mass is 9.98. The number of H-pyrrole nitrogens is 2. The van der Waals surface area contributed by atoms with Crippen LogP contribution in [0.2, 0.25) is 0 Å². The highest BCUT2D eigenvalue weighted by Crippen LogP contribution is 2.38. The molecule has 0 atom stereocenters. The maximum Gasteiger partial charge on any atom is 0.407 e. The highest BCUT2D eigenvalue weighted by Gasteiger charge is 2.24.